The van der Waals surface area contributed by atoms with Crippen molar-refractivity contribution in [1.29, 1.82) is 0 Å². The summed E-state index contributed by atoms with van der Waals surface area (Å²) in [6, 6.07) is 3.70. The van der Waals surface area contributed by atoms with E-state index < -0.39 is 9.84 Å². The van der Waals surface area contributed by atoms with Crippen LogP contribution in [-0.2, 0) is 9.84 Å². The van der Waals surface area contributed by atoms with Gasteiger partial charge in [0.2, 0.25) is 0 Å². The Balaban J connectivity index is 1.98. The average molecular weight is 301 g/mol. The monoisotopic (exact) mass is 301 g/mol. The zero-order chi connectivity index (χ0) is 14.0. The molecule has 1 aromatic rings. The molecule has 0 saturated heterocycles. The van der Waals surface area contributed by atoms with Crippen molar-refractivity contribution in [1.82, 2.24) is 5.32 Å². The summed E-state index contributed by atoms with van der Waals surface area (Å²) in [4.78, 5) is 13.8. The molecule has 4 nitrogen and oxygen atoms in total. The van der Waals surface area contributed by atoms with Crippen molar-refractivity contribution in [2.75, 3.05) is 6.26 Å². The molecule has 1 aliphatic carbocycles. The number of aryl methyl sites for hydroxylation is 1. The minimum absolute atomic E-state index is 0.0246. The van der Waals surface area contributed by atoms with Crippen LogP contribution in [0.1, 0.15) is 40.2 Å². The molecule has 0 unspecified atom stereocenters. The fourth-order valence-electron chi connectivity index (χ4n) is 2.48. The van der Waals surface area contributed by atoms with Crippen molar-refractivity contribution in [2.45, 2.75) is 43.9 Å². The first-order chi connectivity index (χ1) is 8.86. The average Bonchev–Trinajstić information content (AvgIpc) is 2.75. The molecule has 1 fully saturated rings. The molecule has 0 radical (unpaired) electrons. The summed E-state index contributed by atoms with van der Waals surface area (Å²) in [5.74, 6) is -0.0859. The summed E-state index contributed by atoms with van der Waals surface area (Å²) in [6.07, 6.45) is 4.25. The molecule has 1 N–H and O–H groups in total. The Morgan fingerprint density at radius 3 is 2.68 bits per heavy atom. The number of hydrogen-bond acceptors (Lipinski definition) is 4. The quantitative estimate of drug-likeness (QED) is 0.930. The van der Waals surface area contributed by atoms with Gasteiger partial charge in [-0.15, -0.1) is 11.3 Å². The van der Waals surface area contributed by atoms with Crippen LogP contribution in [0.3, 0.4) is 0 Å². The molecular weight excluding hydrogens is 282 g/mol. The molecule has 2 atom stereocenters. The highest BCUT2D eigenvalue weighted by Crippen LogP contribution is 2.24. The molecule has 1 aromatic heterocycles. The number of amides is 1. The maximum atomic E-state index is 12.0. The minimum atomic E-state index is -3.00. The first-order valence-corrected chi connectivity index (χ1v) is 9.19. The van der Waals surface area contributed by atoms with E-state index in [1.807, 2.05) is 19.1 Å². The number of carbonyl (C=O) groups is 1. The van der Waals surface area contributed by atoms with Gasteiger partial charge in [-0.05, 0) is 38.3 Å². The SMILES string of the molecule is Cc1ccc(C(=O)N[C@H]2CCC[C@H](S(C)(=O)=O)C2)s1. The van der Waals surface area contributed by atoms with Crippen molar-refractivity contribution in [3.05, 3.63) is 21.9 Å². The number of sulfone groups is 1. The van der Waals surface area contributed by atoms with Gasteiger partial charge < -0.3 is 5.32 Å². The topological polar surface area (TPSA) is 63.2 Å². The Labute approximate surface area is 118 Å². The molecule has 0 aromatic carbocycles. The molecule has 0 spiro atoms. The van der Waals surface area contributed by atoms with Crippen LogP contribution >= 0.6 is 11.3 Å². The summed E-state index contributed by atoms with van der Waals surface area (Å²) in [5.41, 5.74) is 0. The van der Waals surface area contributed by atoms with E-state index in [1.54, 1.807) is 0 Å². The molecule has 2 rings (SSSR count). The molecule has 0 bridgehead atoms. The number of carbonyl (C=O) groups excluding carboxylic acids is 1. The van der Waals surface area contributed by atoms with E-state index in [2.05, 4.69) is 5.32 Å². The lowest BCUT2D eigenvalue weighted by Gasteiger charge is -2.28. The second-order valence-electron chi connectivity index (χ2n) is 5.20. The fourth-order valence-corrected chi connectivity index (χ4v) is 4.43. The maximum Gasteiger partial charge on any atom is 0.261 e. The van der Waals surface area contributed by atoms with Gasteiger partial charge in [0.25, 0.3) is 5.91 Å². The van der Waals surface area contributed by atoms with Crippen molar-refractivity contribution in [3.8, 4) is 0 Å². The van der Waals surface area contributed by atoms with Crippen LogP contribution in [0.4, 0.5) is 0 Å². The lowest BCUT2D eigenvalue weighted by molar-refractivity contribution is 0.0932. The van der Waals surface area contributed by atoms with E-state index in [9.17, 15) is 13.2 Å². The zero-order valence-electron chi connectivity index (χ0n) is 11.2. The van der Waals surface area contributed by atoms with Gasteiger partial charge in [0, 0.05) is 17.2 Å². The largest absolute Gasteiger partial charge is 0.349 e. The van der Waals surface area contributed by atoms with E-state index >= 15 is 0 Å². The van der Waals surface area contributed by atoms with Crippen LogP contribution in [0.25, 0.3) is 0 Å². The standard InChI is InChI=1S/C13H19NO3S2/c1-9-6-7-12(18-9)13(15)14-10-4-3-5-11(8-10)19(2,16)17/h6-7,10-11H,3-5,8H2,1-2H3,(H,14,15)/t10-,11-/m0/s1. The second kappa shape index (κ2) is 5.63. The van der Waals surface area contributed by atoms with Gasteiger partial charge in [-0.1, -0.05) is 6.42 Å². The number of thiophene rings is 1. The highest BCUT2D eigenvalue weighted by atomic mass is 32.2. The second-order valence-corrected chi connectivity index (χ2v) is 8.81. The minimum Gasteiger partial charge on any atom is -0.349 e. The Kier molecular flexibility index (Phi) is 4.30. The van der Waals surface area contributed by atoms with Gasteiger partial charge in [-0.3, -0.25) is 4.79 Å². The molecule has 6 heteroatoms. The Hall–Kier alpha value is -0.880. The van der Waals surface area contributed by atoms with E-state index in [1.165, 1.54) is 17.6 Å². The smallest absolute Gasteiger partial charge is 0.261 e. The third kappa shape index (κ3) is 3.79. The number of hydrogen-bond donors (Lipinski definition) is 1. The van der Waals surface area contributed by atoms with Crippen molar-refractivity contribution in [3.63, 3.8) is 0 Å². The zero-order valence-corrected chi connectivity index (χ0v) is 12.8. The van der Waals surface area contributed by atoms with E-state index in [0.717, 1.165) is 17.7 Å². The molecule has 1 heterocycles. The first kappa shape index (κ1) is 14.5. The van der Waals surface area contributed by atoms with Gasteiger partial charge in [0.1, 0.15) is 9.84 Å². The third-order valence-electron chi connectivity index (χ3n) is 3.53. The lowest BCUT2D eigenvalue weighted by atomic mass is 9.95. The van der Waals surface area contributed by atoms with Gasteiger partial charge in [-0.2, -0.15) is 0 Å². The van der Waals surface area contributed by atoms with Crippen LogP contribution in [0, 0.1) is 6.92 Å². The van der Waals surface area contributed by atoms with Crippen LogP contribution in [0.5, 0.6) is 0 Å². The number of rotatable bonds is 3. The Morgan fingerprint density at radius 2 is 2.11 bits per heavy atom. The maximum absolute atomic E-state index is 12.0. The summed E-state index contributed by atoms with van der Waals surface area (Å²) < 4.78 is 23.2. The molecule has 1 aliphatic rings. The fraction of sp³-hybridized carbons (Fsp3) is 0.615. The molecule has 19 heavy (non-hydrogen) atoms. The predicted molar refractivity (Wildman–Crippen MR) is 77.4 cm³/mol. The van der Waals surface area contributed by atoms with Crippen LogP contribution in [-0.4, -0.2) is 31.9 Å². The lowest BCUT2D eigenvalue weighted by Crippen LogP contribution is -2.41. The van der Waals surface area contributed by atoms with E-state index in [-0.39, 0.29) is 17.2 Å². The first-order valence-electron chi connectivity index (χ1n) is 6.42. The summed E-state index contributed by atoms with van der Waals surface area (Å²) in [7, 11) is -3.00. The van der Waals surface area contributed by atoms with Crippen LogP contribution < -0.4 is 5.32 Å². The van der Waals surface area contributed by atoms with Crippen LogP contribution in [0.2, 0.25) is 0 Å². The highest BCUT2D eigenvalue weighted by molar-refractivity contribution is 7.91. The van der Waals surface area contributed by atoms with Gasteiger partial charge in [0.05, 0.1) is 10.1 Å². The Bertz CT molecular complexity index is 562. The number of nitrogens with one attached hydrogen (secondary N) is 1. The molecule has 0 aliphatic heterocycles. The highest BCUT2D eigenvalue weighted by Gasteiger charge is 2.29. The normalized spacial score (nSPS) is 24.1. The summed E-state index contributed by atoms with van der Waals surface area (Å²) >= 11 is 1.46. The van der Waals surface area contributed by atoms with Gasteiger partial charge >= 0.3 is 0 Å². The molecular formula is C13H19NO3S2. The van der Waals surface area contributed by atoms with Crippen LogP contribution in [0.15, 0.2) is 12.1 Å². The van der Waals surface area contributed by atoms with Gasteiger partial charge in [0.15, 0.2) is 0 Å². The molecule has 1 amide bonds. The summed E-state index contributed by atoms with van der Waals surface area (Å²) in [5, 5.41) is 2.65. The van der Waals surface area contributed by atoms with Crippen molar-refractivity contribution < 1.29 is 13.2 Å². The van der Waals surface area contributed by atoms with Crippen molar-refractivity contribution >= 4 is 27.1 Å². The van der Waals surface area contributed by atoms with E-state index in [4.69, 9.17) is 0 Å². The predicted octanol–water partition coefficient (Wildman–Crippen LogP) is 2.14. The van der Waals surface area contributed by atoms with Crippen molar-refractivity contribution in [2.24, 2.45) is 0 Å². The molecule has 106 valence electrons. The molecule has 1 saturated carbocycles. The van der Waals surface area contributed by atoms with E-state index in [0.29, 0.717) is 17.7 Å². The third-order valence-corrected chi connectivity index (χ3v) is 6.17. The summed E-state index contributed by atoms with van der Waals surface area (Å²) in [6.45, 7) is 1.96. The Morgan fingerprint density at radius 1 is 1.37 bits per heavy atom. The van der Waals surface area contributed by atoms with Gasteiger partial charge in [-0.25, -0.2) is 8.42 Å².